The number of carboxylic acids is 1. The first-order chi connectivity index (χ1) is 21.1. The fourth-order valence-electron chi connectivity index (χ4n) is 4.73. The largest absolute Gasteiger partial charge is 0.493 e. The van der Waals surface area contributed by atoms with Crippen LogP contribution in [0.2, 0.25) is 0 Å². The van der Waals surface area contributed by atoms with Crippen LogP contribution in [0.4, 0.5) is 13.2 Å². The number of nitrogens with zero attached hydrogens (tertiary/aromatic N) is 2. The molecule has 0 bridgehead atoms. The minimum Gasteiger partial charge on any atom is -0.493 e. The van der Waals surface area contributed by atoms with E-state index in [1.807, 2.05) is 30.3 Å². The molecule has 1 aromatic heterocycles. The van der Waals surface area contributed by atoms with Gasteiger partial charge < -0.3 is 24.5 Å². The van der Waals surface area contributed by atoms with Gasteiger partial charge in [0.05, 0.1) is 30.1 Å². The molecule has 8 nitrogen and oxygen atoms in total. The maximum atomic E-state index is 13.5. The summed E-state index contributed by atoms with van der Waals surface area (Å²) in [5.41, 5.74) is 2.52. The maximum absolute atomic E-state index is 13.5. The molecule has 0 spiro atoms. The number of amides is 1. The van der Waals surface area contributed by atoms with E-state index in [-0.39, 0.29) is 25.1 Å². The molecular weight excluding hydrogens is 575 g/mol. The molecule has 0 unspecified atom stereocenters. The van der Waals surface area contributed by atoms with Crippen molar-refractivity contribution in [1.29, 1.82) is 0 Å². The second kappa shape index (κ2) is 12.9. The monoisotopic (exact) mass is 603 g/mol. The molecule has 0 atom stereocenters. The number of halogens is 3. The number of hydrogen-bond acceptors (Lipinski definition) is 5. The maximum Gasteiger partial charge on any atom is 0.416 e. The molecule has 0 saturated carbocycles. The summed E-state index contributed by atoms with van der Waals surface area (Å²) in [6.07, 6.45) is -4.72. The summed E-state index contributed by atoms with van der Waals surface area (Å²) in [5.74, 6) is -0.126. The van der Waals surface area contributed by atoms with E-state index >= 15 is 0 Å². The van der Waals surface area contributed by atoms with Gasteiger partial charge in [-0.3, -0.25) is 9.59 Å². The van der Waals surface area contributed by atoms with E-state index in [0.717, 1.165) is 17.7 Å². The molecule has 0 aliphatic rings. The Labute approximate surface area is 250 Å². The van der Waals surface area contributed by atoms with Crippen LogP contribution in [0.5, 0.6) is 11.5 Å². The molecule has 0 saturated heterocycles. The van der Waals surface area contributed by atoms with Crippen LogP contribution in [0.25, 0.3) is 22.4 Å². The highest BCUT2D eigenvalue weighted by Crippen LogP contribution is 2.35. The van der Waals surface area contributed by atoms with Gasteiger partial charge in [-0.15, -0.1) is 0 Å². The van der Waals surface area contributed by atoms with E-state index in [2.05, 4.69) is 5.32 Å². The first kappa shape index (κ1) is 30.1. The van der Waals surface area contributed by atoms with Crippen LogP contribution in [0.3, 0.4) is 0 Å². The van der Waals surface area contributed by atoms with Crippen molar-refractivity contribution < 1.29 is 37.3 Å². The van der Waals surface area contributed by atoms with Gasteiger partial charge >= 0.3 is 12.1 Å². The number of aromatic nitrogens is 2. The average molecular weight is 604 g/mol. The van der Waals surface area contributed by atoms with Gasteiger partial charge in [-0.2, -0.15) is 13.2 Å². The number of nitrogens with one attached hydrogen (secondary N) is 1. The highest BCUT2D eigenvalue weighted by Gasteiger charge is 2.30. The number of carbonyl (C=O) groups excluding carboxylic acids is 1. The van der Waals surface area contributed by atoms with E-state index < -0.39 is 23.6 Å². The number of benzene rings is 4. The Morgan fingerprint density at radius 1 is 0.909 bits per heavy atom. The highest BCUT2D eigenvalue weighted by molar-refractivity contribution is 5.98. The molecule has 2 N–H and O–H groups in total. The molecule has 0 aliphatic carbocycles. The normalized spacial score (nSPS) is 11.4. The fraction of sp³-hybridized carbons (Fsp3) is 0.182. The molecular formula is C33H28F3N3O5. The lowest BCUT2D eigenvalue weighted by Gasteiger charge is -2.14. The summed E-state index contributed by atoms with van der Waals surface area (Å²) in [5, 5.41) is 11.4. The van der Waals surface area contributed by atoms with Crippen LogP contribution in [0.15, 0.2) is 91.0 Å². The number of alkyl halides is 3. The zero-order valence-electron chi connectivity index (χ0n) is 23.6. The third kappa shape index (κ3) is 7.00. The van der Waals surface area contributed by atoms with E-state index in [1.165, 1.54) is 13.2 Å². The van der Waals surface area contributed by atoms with Crippen molar-refractivity contribution in [3.8, 4) is 22.9 Å². The summed E-state index contributed by atoms with van der Waals surface area (Å²) in [6.45, 7) is 0.344. The zero-order chi connectivity index (χ0) is 31.3. The predicted octanol–water partition coefficient (Wildman–Crippen LogP) is 6.56. The number of carboxylic acid groups (broad SMARTS) is 1. The summed E-state index contributed by atoms with van der Waals surface area (Å²) >= 11 is 0. The molecule has 11 heteroatoms. The standard InChI is InChI=1S/C33H28F3N3O5/c1-43-29-18-23(11-13-28(29)44-20-21-6-3-2-4-7-21)31-38-26-17-24(32(42)37-15-14-30(40)41)10-12-27(26)39(31)19-22-8-5-9-25(16-22)33(34,35)36/h2-13,16-18H,14-15,19-20H2,1H3,(H,37,42)(H,40,41). The van der Waals surface area contributed by atoms with Crippen molar-refractivity contribution in [3.63, 3.8) is 0 Å². The number of carbonyl (C=O) groups is 2. The highest BCUT2D eigenvalue weighted by atomic mass is 19.4. The third-order valence-electron chi connectivity index (χ3n) is 6.89. The van der Waals surface area contributed by atoms with E-state index in [9.17, 15) is 22.8 Å². The van der Waals surface area contributed by atoms with Crippen molar-refractivity contribution in [3.05, 3.63) is 113 Å². The number of ether oxygens (including phenoxy) is 2. The van der Waals surface area contributed by atoms with Crippen molar-refractivity contribution in [2.45, 2.75) is 25.7 Å². The molecule has 1 heterocycles. The Kier molecular flexibility index (Phi) is 8.84. The number of hydrogen-bond donors (Lipinski definition) is 2. The Morgan fingerprint density at radius 3 is 2.41 bits per heavy atom. The predicted molar refractivity (Wildman–Crippen MR) is 158 cm³/mol. The molecule has 5 aromatic rings. The molecule has 0 aliphatic heterocycles. The number of aliphatic carboxylic acids is 1. The number of imidazole rings is 1. The van der Waals surface area contributed by atoms with Gasteiger partial charge in [-0.25, -0.2) is 4.98 Å². The van der Waals surface area contributed by atoms with Crippen LogP contribution in [-0.4, -0.2) is 40.2 Å². The summed E-state index contributed by atoms with van der Waals surface area (Å²) < 4.78 is 53.8. The van der Waals surface area contributed by atoms with Crippen LogP contribution in [-0.2, 0) is 24.1 Å². The van der Waals surface area contributed by atoms with Crippen molar-refractivity contribution in [1.82, 2.24) is 14.9 Å². The smallest absolute Gasteiger partial charge is 0.416 e. The third-order valence-corrected chi connectivity index (χ3v) is 6.89. The van der Waals surface area contributed by atoms with Crippen LogP contribution < -0.4 is 14.8 Å². The summed E-state index contributed by atoms with van der Waals surface area (Å²) in [6, 6.07) is 24.8. The SMILES string of the molecule is COc1cc(-c2nc3cc(C(=O)NCCC(=O)O)ccc3n2Cc2cccc(C(F)(F)F)c2)ccc1OCc1ccccc1. The molecule has 4 aromatic carbocycles. The van der Waals surface area contributed by atoms with Gasteiger partial charge in [0, 0.05) is 24.2 Å². The second-order valence-electron chi connectivity index (χ2n) is 9.96. The minimum absolute atomic E-state index is 0.0417. The minimum atomic E-state index is -4.50. The van der Waals surface area contributed by atoms with Gasteiger partial charge in [0.1, 0.15) is 12.4 Å². The van der Waals surface area contributed by atoms with Crippen LogP contribution >= 0.6 is 0 Å². The molecule has 5 rings (SSSR count). The van der Waals surface area contributed by atoms with Crippen molar-refractivity contribution >= 4 is 22.9 Å². The average Bonchev–Trinajstić information content (AvgIpc) is 3.37. The van der Waals surface area contributed by atoms with Gasteiger partial charge in [-0.05, 0) is 59.7 Å². The van der Waals surface area contributed by atoms with Crippen molar-refractivity contribution in [2.24, 2.45) is 0 Å². The Morgan fingerprint density at radius 2 is 1.68 bits per heavy atom. The first-order valence-electron chi connectivity index (χ1n) is 13.6. The zero-order valence-corrected chi connectivity index (χ0v) is 23.6. The lowest BCUT2D eigenvalue weighted by atomic mass is 10.1. The summed E-state index contributed by atoms with van der Waals surface area (Å²) in [4.78, 5) is 28.3. The number of fused-ring (bicyclic) bond motifs is 1. The summed E-state index contributed by atoms with van der Waals surface area (Å²) in [7, 11) is 1.51. The number of methoxy groups -OCH3 is 1. The van der Waals surface area contributed by atoms with Gasteiger partial charge in [0.15, 0.2) is 11.5 Å². The van der Waals surface area contributed by atoms with Crippen molar-refractivity contribution in [2.75, 3.05) is 13.7 Å². The lowest BCUT2D eigenvalue weighted by Crippen LogP contribution is -2.25. The van der Waals surface area contributed by atoms with Gasteiger partial charge in [0.25, 0.3) is 5.91 Å². The van der Waals surface area contributed by atoms with Gasteiger partial charge in [0.2, 0.25) is 0 Å². The number of rotatable bonds is 11. The molecule has 1 amide bonds. The topological polar surface area (TPSA) is 103 Å². The molecule has 44 heavy (non-hydrogen) atoms. The molecule has 0 fully saturated rings. The Bertz CT molecular complexity index is 1800. The Balaban J connectivity index is 1.53. The lowest BCUT2D eigenvalue weighted by molar-refractivity contribution is -0.138. The molecule has 0 radical (unpaired) electrons. The first-order valence-corrected chi connectivity index (χ1v) is 13.6. The molecule has 226 valence electrons. The second-order valence-corrected chi connectivity index (χ2v) is 9.96. The van der Waals surface area contributed by atoms with E-state index in [4.69, 9.17) is 19.6 Å². The van der Waals surface area contributed by atoms with Crippen LogP contribution in [0, 0.1) is 0 Å². The van der Waals surface area contributed by atoms with Crippen LogP contribution in [0.1, 0.15) is 33.5 Å². The van der Waals surface area contributed by atoms with E-state index in [1.54, 1.807) is 47.0 Å². The van der Waals surface area contributed by atoms with Gasteiger partial charge in [-0.1, -0.05) is 42.5 Å². The Hall–Kier alpha value is -5.32. The fourth-order valence-corrected chi connectivity index (χ4v) is 4.73. The van der Waals surface area contributed by atoms with E-state index in [0.29, 0.717) is 46.1 Å². The quantitative estimate of drug-likeness (QED) is 0.177.